The molecule has 2 aromatic heterocycles. The van der Waals surface area contributed by atoms with Crippen molar-refractivity contribution in [1.29, 1.82) is 0 Å². The maximum absolute atomic E-state index is 12.5. The van der Waals surface area contributed by atoms with E-state index < -0.39 is 0 Å². The third kappa shape index (κ3) is 4.02. The molecule has 0 saturated carbocycles. The van der Waals surface area contributed by atoms with Gasteiger partial charge in [-0.2, -0.15) is 0 Å². The van der Waals surface area contributed by atoms with Crippen molar-refractivity contribution >= 4 is 17.2 Å². The van der Waals surface area contributed by atoms with Crippen LogP contribution < -0.4 is 0 Å². The van der Waals surface area contributed by atoms with Crippen LogP contribution in [0.25, 0.3) is 0 Å². The molecule has 5 heteroatoms. The van der Waals surface area contributed by atoms with Crippen LogP contribution in [-0.4, -0.2) is 28.9 Å². The molecule has 23 heavy (non-hydrogen) atoms. The third-order valence-electron chi connectivity index (χ3n) is 4.42. The summed E-state index contributed by atoms with van der Waals surface area (Å²) in [6.07, 6.45) is 5.06. The molecule has 0 N–H and O–H groups in total. The van der Waals surface area contributed by atoms with E-state index in [0.717, 1.165) is 31.7 Å². The number of nitrogens with zero attached hydrogens (tertiary/aromatic N) is 2. The Kier molecular flexibility index (Phi) is 5.16. The summed E-state index contributed by atoms with van der Waals surface area (Å²) in [5.41, 5.74) is 1.17. The summed E-state index contributed by atoms with van der Waals surface area (Å²) in [4.78, 5) is 19.2. The molecule has 0 aromatic carbocycles. The smallest absolute Gasteiger partial charge is 0.223 e. The highest BCUT2D eigenvalue weighted by atomic mass is 32.1. The Morgan fingerprint density at radius 3 is 3.09 bits per heavy atom. The molecule has 3 heterocycles. The molecular weight excluding hydrogens is 308 g/mol. The fraction of sp³-hybridized carbons (Fsp3) is 0.556. The van der Waals surface area contributed by atoms with Crippen LogP contribution in [-0.2, 0) is 11.2 Å². The first-order valence-electron chi connectivity index (χ1n) is 8.39. The van der Waals surface area contributed by atoms with Gasteiger partial charge < -0.3 is 9.32 Å². The normalized spacial score (nSPS) is 18.6. The second-order valence-electron chi connectivity index (χ2n) is 6.52. The number of furan rings is 1. The van der Waals surface area contributed by atoms with Gasteiger partial charge in [0, 0.05) is 37.2 Å². The minimum absolute atomic E-state index is 0.228. The SMILES string of the molecule is CC(C)c1csc(C2CCCN(C(=O)CCc3ccco3)C2)n1. The predicted octanol–water partition coefficient (Wildman–Crippen LogP) is 4.20. The maximum Gasteiger partial charge on any atom is 0.223 e. The zero-order valence-corrected chi connectivity index (χ0v) is 14.6. The van der Waals surface area contributed by atoms with Crippen molar-refractivity contribution in [2.24, 2.45) is 0 Å². The van der Waals surface area contributed by atoms with Crippen molar-refractivity contribution < 1.29 is 9.21 Å². The van der Waals surface area contributed by atoms with Crippen LogP contribution >= 0.6 is 11.3 Å². The number of hydrogen-bond donors (Lipinski definition) is 0. The first-order valence-corrected chi connectivity index (χ1v) is 9.27. The average Bonchev–Trinajstić information content (AvgIpc) is 3.24. The second-order valence-corrected chi connectivity index (χ2v) is 7.41. The Morgan fingerprint density at radius 2 is 2.39 bits per heavy atom. The summed E-state index contributed by atoms with van der Waals surface area (Å²) < 4.78 is 5.31. The monoisotopic (exact) mass is 332 g/mol. The number of rotatable bonds is 5. The molecule has 0 spiro atoms. The first kappa shape index (κ1) is 16.2. The fourth-order valence-electron chi connectivity index (χ4n) is 3.00. The van der Waals surface area contributed by atoms with Gasteiger partial charge in [0.1, 0.15) is 5.76 Å². The summed E-state index contributed by atoms with van der Waals surface area (Å²) in [6, 6.07) is 3.79. The molecule has 1 fully saturated rings. The van der Waals surface area contributed by atoms with Crippen molar-refractivity contribution in [2.45, 2.75) is 51.4 Å². The van der Waals surface area contributed by atoms with Crippen molar-refractivity contribution in [3.8, 4) is 0 Å². The molecule has 124 valence electrons. The summed E-state index contributed by atoms with van der Waals surface area (Å²) in [7, 11) is 0. The predicted molar refractivity (Wildman–Crippen MR) is 91.8 cm³/mol. The number of aryl methyl sites for hydroxylation is 1. The largest absolute Gasteiger partial charge is 0.469 e. The molecule has 0 bridgehead atoms. The lowest BCUT2D eigenvalue weighted by Gasteiger charge is -2.32. The highest BCUT2D eigenvalue weighted by molar-refractivity contribution is 7.09. The van der Waals surface area contributed by atoms with Crippen LogP contribution in [0.1, 0.15) is 61.4 Å². The average molecular weight is 332 g/mol. The van der Waals surface area contributed by atoms with Crippen molar-refractivity contribution in [3.05, 3.63) is 40.2 Å². The highest BCUT2D eigenvalue weighted by Crippen LogP contribution is 2.31. The van der Waals surface area contributed by atoms with E-state index in [1.807, 2.05) is 17.0 Å². The summed E-state index contributed by atoms with van der Waals surface area (Å²) in [5, 5.41) is 3.36. The van der Waals surface area contributed by atoms with Gasteiger partial charge in [-0.05, 0) is 30.9 Å². The van der Waals surface area contributed by atoms with Gasteiger partial charge in [-0.15, -0.1) is 11.3 Å². The molecule has 1 aliphatic rings. The van der Waals surface area contributed by atoms with Crippen LogP contribution in [0, 0.1) is 0 Å². The van der Waals surface area contributed by atoms with Crippen LogP contribution in [0.3, 0.4) is 0 Å². The quantitative estimate of drug-likeness (QED) is 0.824. The molecule has 0 aliphatic carbocycles. The summed E-state index contributed by atoms with van der Waals surface area (Å²) in [6.45, 7) is 6.02. The Morgan fingerprint density at radius 1 is 1.52 bits per heavy atom. The lowest BCUT2D eigenvalue weighted by Crippen LogP contribution is -2.39. The number of hydrogen-bond acceptors (Lipinski definition) is 4. The number of carbonyl (C=O) groups is 1. The van der Waals surface area contributed by atoms with Crippen LogP contribution in [0.15, 0.2) is 28.2 Å². The molecule has 1 aliphatic heterocycles. The zero-order valence-electron chi connectivity index (χ0n) is 13.8. The van der Waals surface area contributed by atoms with E-state index >= 15 is 0 Å². The first-order chi connectivity index (χ1) is 11.1. The van der Waals surface area contributed by atoms with Crippen molar-refractivity contribution in [3.63, 3.8) is 0 Å². The van der Waals surface area contributed by atoms with Gasteiger partial charge in [0.25, 0.3) is 0 Å². The van der Waals surface area contributed by atoms with Gasteiger partial charge in [0.15, 0.2) is 0 Å². The summed E-state index contributed by atoms with van der Waals surface area (Å²) in [5.74, 6) is 1.98. The third-order valence-corrected chi connectivity index (χ3v) is 5.45. The molecule has 1 atom stereocenters. The topological polar surface area (TPSA) is 46.3 Å². The Bertz CT molecular complexity index is 633. The van der Waals surface area contributed by atoms with E-state index in [9.17, 15) is 4.79 Å². The lowest BCUT2D eigenvalue weighted by atomic mass is 9.98. The molecule has 2 aromatic rings. The molecule has 0 radical (unpaired) electrons. The number of amides is 1. The Labute approximate surface area is 141 Å². The number of aromatic nitrogens is 1. The van der Waals surface area contributed by atoms with Gasteiger partial charge in [0.2, 0.25) is 5.91 Å². The number of likely N-dealkylation sites (tertiary alicyclic amines) is 1. The zero-order chi connectivity index (χ0) is 16.2. The minimum Gasteiger partial charge on any atom is -0.469 e. The van der Waals surface area contributed by atoms with Crippen LogP contribution in [0.4, 0.5) is 0 Å². The van der Waals surface area contributed by atoms with Gasteiger partial charge in [-0.3, -0.25) is 4.79 Å². The molecular formula is C18H24N2O2S. The van der Waals surface area contributed by atoms with Crippen molar-refractivity contribution in [2.75, 3.05) is 13.1 Å². The summed E-state index contributed by atoms with van der Waals surface area (Å²) >= 11 is 1.75. The highest BCUT2D eigenvalue weighted by Gasteiger charge is 2.26. The maximum atomic E-state index is 12.5. The Hall–Kier alpha value is -1.62. The van der Waals surface area contributed by atoms with E-state index in [1.54, 1.807) is 17.6 Å². The number of piperidine rings is 1. The standard InChI is InChI=1S/C18H24N2O2S/c1-13(2)16-12-23-18(19-16)14-5-3-9-20(11-14)17(21)8-7-15-6-4-10-22-15/h4,6,10,12-14H,3,5,7-9,11H2,1-2H3. The molecule has 1 saturated heterocycles. The fourth-order valence-corrected chi connectivity index (χ4v) is 4.11. The Balaban J connectivity index is 1.57. The van der Waals surface area contributed by atoms with E-state index in [0.29, 0.717) is 24.7 Å². The molecule has 3 rings (SSSR count). The van der Waals surface area contributed by atoms with Gasteiger partial charge in [-0.25, -0.2) is 4.98 Å². The van der Waals surface area contributed by atoms with E-state index in [-0.39, 0.29) is 5.91 Å². The van der Waals surface area contributed by atoms with Gasteiger partial charge in [0.05, 0.1) is 17.0 Å². The van der Waals surface area contributed by atoms with Gasteiger partial charge >= 0.3 is 0 Å². The van der Waals surface area contributed by atoms with Crippen LogP contribution in [0.5, 0.6) is 0 Å². The van der Waals surface area contributed by atoms with Crippen molar-refractivity contribution in [1.82, 2.24) is 9.88 Å². The van der Waals surface area contributed by atoms with E-state index in [4.69, 9.17) is 9.40 Å². The molecule has 1 amide bonds. The van der Waals surface area contributed by atoms with E-state index in [1.165, 1.54) is 10.7 Å². The van der Waals surface area contributed by atoms with Crippen LogP contribution in [0.2, 0.25) is 0 Å². The lowest BCUT2D eigenvalue weighted by molar-refractivity contribution is -0.132. The van der Waals surface area contributed by atoms with Gasteiger partial charge in [-0.1, -0.05) is 13.8 Å². The molecule has 1 unspecified atom stereocenters. The number of thiazole rings is 1. The number of carbonyl (C=O) groups excluding carboxylic acids is 1. The van der Waals surface area contributed by atoms with E-state index in [2.05, 4.69) is 19.2 Å². The minimum atomic E-state index is 0.228. The molecule has 4 nitrogen and oxygen atoms in total. The second kappa shape index (κ2) is 7.30.